The van der Waals surface area contributed by atoms with Gasteiger partial charge in [0.2, 0.25) is 0 Å². The minimum Gasteiger partial charge on any atom is -0.388 e. The van der Waals surface area contributed by atoms with Crippen molar-refractivity contribution in [3.05, 3.63) is 21.9 Å². The molecule has 0 saturated carbocycles. The number of methoxy groups -OCH3 is 1. The van der Waals surface area contributed by atoms with Gasteiger partial charge >= 0.3 is 0 Å². The summed E-state index contributed by atoms with van der Waals surface area (Å²) in [6, 6.07) is 2.05. The normalized spacial score (nSPS) is 15.4. The summed E-state index contributed by atoms with van der Waals surface area (Å²) in [6.07, 6.45) is 1.56. The van der Waals surface area contributed by atoms with Gasteiger partial charge in [-0.1, -0.05) is 0 Å². The van der Waals surface area contributed by atoms with E-state index in [0.29, 0.717) is 0 Å². The van der Waals surface area contributed by atoms with Gasteiger partial charge in [-0.2, -0.15) is 0 Å². The first-order valence-corrected chi connectivity index (χ1v) is 5.77. The standard InChI is InChI=1S/C11H18O2S/c1-8(13-3)4-5-11(12)10-6-9(2)14-7-10/h6-8,11-12H,4-5H2,1-3H3. The van der Waals surface area contributed by atoms with Crippen molar-refractivity contribution in [2.24, 2.45) is 0 Å². The van der Waals surface area contributed by atoms with Crippen LogP contribution in [-0.4, -0.2) is 18.3 Å². The lowest BCUT2D eigenvalue weighted by atomic mass is 10.1. The Hall–Kier alpha value is -0.380. The van der Waals surface area contributed by atoms with E-state index in [1.165, 1.54) is 4.88 Å². The lowest BCUT2D eigenvalue weighted by Gasteiger charge is -2.12. The van der Waals surface area contributed by atoms with Crippen molar-refractivity contribution in [2.45, 2.75) is 38.9 Å². The van der Waals surface area contributed by atoms with Gasteiger partial charge in [0.1, 0.15) is 0 Å². The Kier molecular flexibility index (Phi) is 4.58. The van der Waals surface area contributed by atoms with E-state index in [4.69, 9.17) is 4.74 Å². The van der Waals surface area contributed by atoms with Crippen LogP contribution < -0.4 is 0 Å². The van der Waals surface area contributed by atoms with E-state index in [-0.39, 0.29) is 12.2 Å². The monoisotopic (exact) mass is 214 g/mol. The maximum absolute atomic E-state index is 9.83. The maximum atomic E-state index is 9.83. The molecule has 1 N–H and O–H groups in total. The molecule has 80 valence electrons. The van der Waals surface area contributed by atoms with E-state index in [0.717, 1.165) is 18.4 Å². The molecule has 0 aliphatic carbocycles. The second-order valence-corrected chi connectivity index (χ2v) is 4.75. The molecule has 1 aromatic heterocycles. The molecule has 0 bridgehead atoms. The average molecular weight is 214 g/mol. The molecule has 0 aliphatic rings. The van der Waals surface area contributed by atoms with Gasteiger partial charge in [-0.15, -0.1) is 11.3 Å². The van der Waals surface area contributed by atoms with Crippen molar-refractivity contribution in [3.63, 3.8) is 0 Å². The average Bonchev–Trinajstić information content (AvgIpc) is 2.60. The molecule has 2 unspecified atom stereocenters. The van der Waals surface area contributed by atoms with Crippen LogP contribution in [0.2, 0.25) is 0 Å². The van der Waals surface area contributed by atoms with Gasteiger partial charge in [0, 0.05) is 12.0 Å². The number of rotatable bonds is 5. The van der Waals surface area contributed by atoms with Crippen molar-refractivity contribution in [3.8, 4) is 0 Å². The molecule has 0 radical (unpaired) electrons. The van der Waals surface area contributed by atoms with Gasteiger partial charge in [-0.3, -0.25) is 0 Å². The van der Waals surface area contributed by atoms with E-state index in [9.17, 15) is 5.11 Å². The summed E-state index contributed by atoms with van der Waals surface area (Å²) in [4.78, 5) is 1.25. The molecule has 0 spiro atoms. The van der Waals surface area contributed by atoms with Crippen LogP contribution in [0.25, 0.3) is 0 Å². The van der Waals surface area contributed by atoms with E-state index >= 15 is 0 Å². The summed E-state index contributed by atoms with van der Waals surface area (Å²) in [7, 11) is 1.70. The number of hydrogen-bond acceptors (Lipinski definition) is 3. The first-order chi connectivity index (χ1) is 6.63. The van der Waals surface area contributed by atoms with Crippen LogP contribution in [0.3, 0.4) is 0 Å². The summed E-state index contributed by atoms with van der Waals surface area (Å²) < 4.78 is 5.13. The summed E-state index contributed by atoms with van der Waals surface area (Å²) in [5, 5.41) is 11.9. The molecular formula is C11H18O2S. The molecule has 1 aromatic rings. The van der Waals surface area contributed by atoms with Gasteiger partial charge in [-0.25, -0.2) is 0 Å². The third kappa shape index (κ3) is 3.40. The first kappa shape index (κ1) is 11.7. The lowest BCUT2D eigenvalue weighted by molar-refractivity contribution is 0.0852. The topological polar surface area (TPSA) is 29.5 Å². The van der Waals surface area contributed by atoms with E-state index < -0.39 is 0 Å². The molecule has 0 amide bonds. The summed E-state index contributed by atoms with van der Waals surface area (Å²) in [6.45, 7) is 4.07. The predicted octanol–water partition coefficient (Wildman–Crippen LogP) is 2.91. The van der Waals surface area contributed by atoms with Crippen molar-refractivity contribution < 1.29 is 9.84 Å². The second-order valence-electron chi connectivity index (χ2n) is 3.63. The quantitative estimate of drug-likeness (QED) is 0.816. The largest absolute Gasteiger partial charge is 0.388 e. The fourth-order valence-electron chi connectivity index (χ4n) is 1.32. The van der Waals surface area contributed by atoms with Gasteiger partial charge in [0.25, 0.3) is 0 Å². The number of thiophene rings is 1. The SMILES string of the molecule is COC(C)CCC(O)c1csc(C)c1. The highest BCUT2D eigenvalue weighted by Gasteiger charge is 2.10. The Morgan fingerprint density at radius 1 is 1.50 bits per heavy atom. The van der Waals surface area contributed by atoms with Crippen LogP contribution >= 0.6 is 11.3 Å². The fourth-order valence-corrected chi connectivity index (χ4v) is 2.07. The zero-order chi connectivity index (χ0) is 10.6. The van der Waals surface area contributed by atoms with Crippen LogP contribution in [0.1, 0.15) is 36.3 Å². The molecule has 0 fully saturated rings. The molecular weight excluding hydrogens is 196 g/mol. The van der Waals surface area contributed by atoms with E-state index in [1.807, 2.05) is 18.4 Å². The van der Waals surface area contributed by atoms with Crippen molar-refractivity contribution in [2.75, 3.05) is 7.11 Å². The Bertz CT molecular complexity index is 270. The fraction of sp³-hybridized carbons (Fsp3) is 0.636. The smallest absolute Gasteiger partial charge is 0.0799 e. The van der Waals surface area contributed by atoms with E-state index in [1.54, 1.807) is 18.4 Å². The Morgan fingerprint density at radius 2 is 2.21 bits per heavy atom. The van der Waals surface area contributed by atoms with Gasteiger partial charge < -0.3 is 9.84 Å². The van der Waals surface area contributed by atoms with Crippen LogP contribution in [0.15, 0.2) is 11.4 Å². The van der Waals surface area contributed by atoms with Gasteiger partial charge in [-0.05, 0) is 43.7 Å². The molecule has 1 rings (SSSR count). The van der Waals surface area contributed by atoms with Crippen LogP contribution in [0.4, 0.5) is 0 Å². The lowest BCUT2D eigenvalue weighted by Crippen LogP contribution is -2.07. The highest BCUT2D eigenvalue weighted by atomic mass is 32.1. The van der Waals surface area contributed by atoms with Crippen molar-refractivity contribution in [1.29, 1.82) is 0 Å². The summed E-state index contributed by atoms with van der Waals surface area (Å²) in [5.41, 5.74) is 1.04. The molecule has 1 heterocycles. The minimum atomic E-state index is -0.336. The number of aliphatic hydroxyl groups excluding tert-OH is 1. The third-order valence-corrected chi connectivity index (χ3v) is 3.26. The number of aryl methyl sites for hydroxylation is 1. The van der Waals surface area contributed by atoms with Crippen LogP contribution in [0.5, 0.6) is 0 Å². The molecule has 14 heavy (non-hydrogen) atoms. The predicted molar refractivity (Wildman–Crippen MR) is 59.7 cm³/mol. The molecule has 0 aromatic carbocycles. The summed E-state index contributed by atoms with van der Waals surface area (Å²) >= 11 is 1.68. The highest BCUT2D eigenvalue weighted by molar-refractivity contribution is 7.10. The first-order valence-electron chi connectivity index (χ1n) is 4.89. The van der Waals surface area contributed by atoms with E-state index in [2.05, 4.69) is 6.92 Å². The third-order valence-electron chi connectivity index (χ3n) is 2.38. The molecule has 2 atom stereocenters. The maximum Gasteiger partial charge on any atom is 0.0799 e. The second kappa shape index (κ2) is 5.49. The van der Waals surface area contributed by atoms with Crippen LogP contribution in [0, 0.1) is 6.92 Å². The molecule has 0 aliphatic heterocycles. The molecule has 2 nitrogen and oxygen atoms in total. The Labute approximate surface area is 89.5 Å². The Morgan fingerprint density at radius 3 is 2.71 bits per heavy atom. The molecule has 0 saturated heterocycles. The van der Waals surface area contributed by atoms with Crippen molar-refractivity contribution >= 4 is 11.3 Å². The highest BCUT2D eigenvalue weighted by Crippen LogP contribution is 2.24. The zero-order valence-electron chi connectivity index (χ0n) is 8.99. The van der Waals surface area contributed by atoms with Crippen LogP contribution in [-0.2, 0) is 4.74 Å². The van der Waals surface area contributed by atoms with Gasteiger partial charge in [0.05, 0.1) is 12.2 Å². The minimum absolute atomic E-state index is 0.226. The number of aliphatic hydroxyl groups is 1. The van der Waals surface area contributed by atoms with Crippen molar-refractivity contribution in [1.82, 2.24) is 0 Å². The number of ether oxygens (including phenoxy) is 1. The Balaban J connectivity index is 2.39. The summed E-state index contributed by atoms with van der Waals surface area (Å²) in [5.74, 6) is 0. The zero-order valence-corrected chi connectivity index (χ0v) is 9.80. The number of hydrogen-bond donors (Lipinski definition) is 1. The van der Waals surface area contributed by atoms with Gasteiger partial charge in [0.15, 0.2) is 0 Å². The molecule has 3 heteroatoms.